The van der Waals surface area contributed by atoms with Gasteiger partial charge in [-0.3, -0.25) is 14.7 Å². The Morgan fingerprint density at radius 1 is 1.48 bits per heavy atom. The highest BCUT2D eigenvalue weighted by molar-refractivity contribution is 14.1. The maximum atomic E-state index is 12.4. The molecule has 2 aromatic rings. The van der Waals surface area contributed by atoms with E-state index in [1.807, 2.05) is 25.1 Å². The minimum atomic E-state index is -0.450. The van der Waals surface area contributed by atoms with Crippen LogP contribution in [-0.4, -0.2) is 52.6 Å². The smallest absolute Gasteiger partial charge is 0.410 e. The molecular weight excluding hydrogens is 437 g/mol. The van der Waals surface area contributed by atoms with Crippen molar-refractivity contribution in [1.82, 2.24) is 9.88 Å². The molecule has 132 valence electrons. The Balaban J connectivity index is 1.80. The van der Waals surface area contributed by atoms with Crippen LogP contribution in [0.1, 0.15) is 5.69 Å². The Bertz CT molecular complexity index is 827. The summed E-state index contributed by atoms with van der Waals surface area (Å²) in [5, 5.41) is 3.66. The van der Waals surface area contributed by atoms with E-state index in [4.69, 9.17) is 9.47 Å². The number of alkyl halides is 1. The average molecular weight is 455 g/mol. The van der Waals surface area contributed by atoms with E-state index in [2.05, 4.69) is 32.9 Å². The Morgan fingerprint density at radius 3 is 2.96 bits per heavy atom. The van der Waals surface area contributed by atoms with Gasteiger partial charge in [0.1, 0.15) is 18.4 Å². The fraction of sp³-hybridized carbons (Fsp3) is 0.353. The number of nitrogens with one attached hydrogen (secondary N) is 1. The molecule has 1 atom stereocenters. The van der Waals surface area contributed by atoms with Gasteiger partial charge in [0.25, 0.3) is 0 Å². The molecule has 1 saturated heterocycles. The van der Waals surface area contributed by atoms with Crippen molar-refractivity contribution in [2.45, 2.75) is 13.0 Å². The Kier molecular flexibility index (Phi) is 5.26. The minimum absolute atomic E-state index is 0.0429. The number of halogens is 1. The number of carbonyl (C=O) groups excluding carboxylic acids is 2. The van der Waals surface area contributed by atoms with Crippen LogP contribution in [0, 0.1) is 6.92 Å². The second kappa shape index (κ2) is 7.42. The van der Waals surface area contributed by atoms with Crippen molar-refractivity contribution in [3.05, 3.63) is 30.0 Å². The number of methoxy groups -OCH3 is 1. The highest BCUT2D eigenvalue weighted by Crippen LogP contribution is 2.27. The van der Waals surface area contributed by atoms with Gasteiger partial charge in [-0.2, -0.15) is 0 Å². The fourth-order valence-electron chi connectivity index (χ4n) is 2.71. The molecule has 1 aliphatic heterocycles. The topological polar surface area (TPSA) is 80.8 Å². The summed E-state index contributed by atoms with van der Waals surface area (Å²) in [6.45, 7) is 2.25. The van der Waals surface area contributed by atoms with E-state index in [1.165, 1.54) is 4.90 Å². The lowest BCUT2D eigenvalue weighted by Crippen LogP contribution is -2.34. The van der Waals surface area contributed by atoms with Crippen molar-refractivity contribution >= 4 is 51.2 Å². The van der Waals surface area contributed by atoms with Gasteiger partial charge in [0.2, 0.25) is 5.91 Å². The van der Waals surface area contributed by atoms with Crippen molar-refractivity contribution in [3.63, 3.8) is 0 Å². The SMILES string of the molecule is COc1ccc2nc(C)cc(NC(=O)CN3CC(CI)OC3=O)c2c1. The molecule has 1 unspecified atom stereocenters. The largest absolute Gasteiger partial charge is 0.497 e. The van der Waals surface area contributed by atoms with Crippen molar-refractivity contribution in [3.8, 4) is 5.75 Å². The number of aromatic nitrogens is 1. The number of pyridine rings is 1. The van der Waals surface area contributed by atoms with Crippen molar-refractivity contribution < 1.29 is 19.1 Å². The van der Waals surface area contributed by atoms with Crippen LogP contribution in [-0.2, 0) is 9.53 Å². The molecule has 1 N–H and O–H groups in total. The summed E-state index contributed by atoms with van der Waals surface area (Å²) in [4.78, 5) is 30.1. The molecule has 25 heavy (non-hydrogen) atoms. The van der Waals surface area contributed by atoms with Crippen LogP contribution in [0.3, 0.4) is 0 Å². The molecule has 3 rings (SSSR count). The summed E-state index contributed by atoms with van der Waals surface area (Å²) in [6, 6.07) is 7.30. The number of anilines is 1. The molecular formula is C17H18IN3O4. The summed E-state index contributed by atoms with van der Waals surface area (Å²) in [7, 11) is 1.59. The Morgan fingerprint density at radius 2 is 2.28 bits per heavy atom. The fourth-order valence-corrected chi connectivity index (χ4v) is 3.17. The highest BCUT2D eigenvalue weighted by atomic mass is 127. The molecule has 7 nitrogen and oxygen atoms in total. The number of amides is 2. The highest BCUT2D eigenvalue weighted by Gasteiger charge is 2.31. The number of benzene rings is 1. The van der Waals surface area contributed by atoms with Crippen LogP contribution in [0.25, 0.3) is 10.9 Å². The predicted molar refractivity (Wildman–Crippen MR) is 102 cm³/mol. The lowest BCUT2D eigenvalue weighted by atomic mass is 10.1. The number of hydrogen-bond donors (Lipinski definition) is 1. The van der Waals surface area contributed by atoms with E-state index in [0.717, 1.165) is 16.6 Å². The maximum Gasteiger partial charge on any atom is 0.410 e. The molecule has 1 aliphatic rings. The number of carbonyl (C=O) groups is 2. The number of nitrogens with zero attached hydrogens (tertiary/aromatic N) is 2. The van der Waals surface area contributed by atoms with Crippen LogP contribution >= 0.6 is 22.6 Å². The number of rotatable bonds is 5. The molecule has 0 spiro atoms. The van der Waals surface area contributed by atoms with Crippen molar-refractivity contribution in [1.29, 1.82) is 0 Å². The first-order chi connectivity index (χ1) is 12.0. The van der Waals surface area contributed by atoms with Gasteiger partial charge in [0, 0.05) is 15.5 Å². The first kappa shape index (κ1) is 17.7. The Labute approximate surface area is 158 Å². The van der Waals surface area contributed by atoms with Gasteiger partial charge in [-0.25, -0.2) is 4.79 Å². The number of ether oxygens (including phenoxy) is 2. The molecule has 0 bridgehead atoms. The van der Waals surface area contributed by atoms with E-state index in [-0.39, 0.29) is 18.6 Å². The van der Waals surface area contributed by atoms with Crippen LogP contribution in [0.15, 0.2) is 24.3 Å². The molecule has 1 aromatic carbocycles. The third-order valence-corrected chi connectivity index (χ3v) is 4.86. The lowest BCUT2D eigenvalue weighted by Gasteiger charge is -2.14. The molecule has 1 aromatic heterocycles. The molecule has 0 radical (unpaired) electrons. The second-order valence-electron chi connectivity index (χ2n) is 5.78. The molecule has 0 aliphatic carbocycles. The van der Waals surface area contributed by atoms with Crippen LogP contribution in [0.5, 0.6) is 5.75 Å². The van der Waals surface area contributed by atoms with E-state index in [0.29, 0.717) is 22.4 Å². The monoisotopic (exact) mass is 455 g/mol. The summed E-state index contributed by atoms with van der Waals surface area (Å²) in [6.07, 6.45) is -0.608. The molecule has 8 heteroatoms. The normalized spacial score (nSPS) is 16.8. The quantitative estimate of drug-likeness (QED) is 0.554. The van der Waals surface area contributed by atoms with Gasteiger partial charge in [0.05, 0.1) is 24.9 Å². The summed E-state index contributed by atoms with van der Waals surface area (Å²) in [5.41, 5.74) is 2.20. The zero-order valence-electron chi connectivity index (χ0n) is 13.9. The lowest BCUT2D eigenvalue weighted by molar-refractivity contribution is -0.116. The molecule has 0 saturated carbocycles. The second-order valence-corrected chi connectivity index (χ2v) is 6.66. The number of cyclic esters (lactones) is 1. The van der Waals surface area contributed by atoms with Gasteiger partial charge in [-0.05, 0) is 31.2 Å². The zero-order chi connectivity index (χ0) is 18.0. The van der Waals surface area contributed by atoms with Crippen molar-refractivity contribution in [2.75, 3.05) is 29.9 Å². The number of fused-ring (bicyclic) bond motifs is 1. The van der Waals surface area contributed by atoms with E-state index in [9.17, 15) is 9.59 Å². The molecule has 2 heterocycles. The van der Waals surface area contributed by atoms with Gasteiger partial charge < -0.3 is 14.8 Å². The third-order valence-electron chi connectivity index (χ3n) is 3.87. The predicted octanol–water partition coefficient (Wildman–Crippen LogP) is 2.75. The molecule has 2 amide bonds. The van der Waals surface area contributed by atoms with Gasteiger partial charge in [-0.15, -0.1) is 0 Å². The first-order valence-corrected chi connectivity index (χ1v) is 9.29. The number of hydrogen-bond acceptors (Lipinski definition) is 5. The third kappa shape index (κ3) is 3.94. The van der Waals surface area contributed by atoms with Crippen LogP contribution in [0.2, 0.25) is 0 Å². The van der Waals surface area contributed by atoms with Gasteiger partial charge >= 0.3 is 6.09 Å². The van der Waals surface area contributed by atoms with Crippen LogP contribution < -0.4 is 10.1 Å². The average Bonchev–Trinajstić information content (AvgIpc) is 2.94. The van der Waals surface area contributed by atoms with Crippen molar-refractivity contribution in [2.24, 2.45) is 0 Å². The standard InChI is InChI=1S/C17H18IN3O4/c1-10-5-15(13-6-11(24-2)3-4-14(13)19-10)20-16(22)9-21-8-12(7-18)25-17(21)23/h3-6,12H,7-9H2,1-2H3,(H,19,20,22). The first-order valence-electron chi connectivity index (χ1n) is 7.77. The Hall–Kier alpha value is -2.10. The zero-order valence-corrected chi connectivity index (χ0v) is 16.1. The van der Waals surface area contributed by atoms with E-state index >= 15 is 0 Å². The van der Waals surface area contributed by atoms with E-state index < -0.39 is 6.09 Å². The van der Waals surface area contributed by atoms with Crippen LogP contribution in [0.4, 0.5) is 10.5 Å². The summed E-state index contributed by atoms with van der Waals surface area (Å²) in [5.74, 6) is 0.405. The summed E-state index contributed by atoms with van der Waals surface area (Å²) >= 11 is 2.16. The maximum absolute atomic E-state index is 12.4. The molecule has 1 fully saturated rings. The summed E-state index contributed by atoms with van der Waals surface area (Å²) < 4.78 is 11.1. The minimum Gasteiger partial charge on any atom is -0.497 e. The van der Waals surface area contributed by atoms with Gasteiger partial charge in [0.15, 0.2) is 0 Å². The number of aryl methyl sites for hydroxylation is 1. The van der Waals surface area contributed by atoms with Gasteiger partial charge in [-0.1, -0.05) is 22.6 Å². The van der Waals surface area contributed by atoms with E-state index in [1.54, 1.807) is 13.2 Å².